The Bertz CT molecular complexity index is 311. The van der Waals surface area contributed by atoms with Crippen molar-refractivity contribution in [2.24, 2.45) is 11.7 Å². The first-order valence-electron chi connectivity index (χ1n) is 5.89. The SMILES string of the molecule is CCC(C)C(CN)N(C)Cc1scnc1C. The van der Waals surface area contributed by atoms with Gasteiger partial charge < -0.3 is 5.73 Å². The molecule has 2 unspecified atom stereocenters. The fourth-order valence-corrected chi connectivity index (χ4v) is 2.78. The molecule has 2 N–H and O–H groups in total. The van der Waals surface area contributed by atoms with Gasteiger partial charge in [0.05, 0.1) is 11.2 Å². The quantitative estimate of drug-likeness (QED) is 0.830. The van der Waals surface area contributed by atoms with Gasteiger partial charge >= 0.3 is 0 Å². The molecule has 0 spiro atoms. The van der Waals surface area contributed by atoms with E-state index in [9.17, 15) is 0 Å². The molecule has 0 aromatic carbocycles. The Hall–Kier alpha value is -0.450. The molecule has 0 radical (unpaired) electrons. The monoisotopic (exact) mass is 241 g/mol. The molecule has 16 heavy (non-hydrogen) atoms. The summed E-state index contributed by atoms with van der Waals surface area (Å²) in [7, 11) is 2.16. The number of aryl methyl sites for hydroxylation is 1. The maximum Gasteiger partial charge on any atom is 0.0798 e. The van der Waals surface area contributed by atoms with Crippen LogP contribution in [-0.2, 0) is 6.54 Å². The summed E-state index contributed by atoms with van der Waals surface area (Å²) < 4.78 is 0. The van der Waals surface area contributed by atoms with Crippen LogP contribution in [0.1, 0.15) is 30.8 Å². The van der Waals surface area contributed by atoms with Crippen molar-refractivity contribution in [2.45, 2.75) is 39.8 Å². The molecule has 0 saturated heterocycles. The Balaban J connectivity index is 2.62. The summed E-state index contributed by atoms with van der Waals surface area (Å²) >= 11 is 1.73. The Morgan fingerprint density at radius 3 is 2.69 bits per heavy atom. The summed E-state index contributed by atoms with van der Waals surface area (Å²) in [5.74, 6) is 0.642. The molecular formula is C12H23N3S. The topological polar surface area (TPSA) is 42.1 Å². The smallest absolute Gasteiger partial charge is 0.0798 e. The van der Waals surface area contributed by atoms with Crippen LogP contribution < -0.4 is 5.73 Å². The van der Waals surface area contributed by atoms with Gasteiger partial charge in [-0.15, -0.1) is 11.3 Å². The molecule has 92 valence electrons. The predicted molar refractivity (Wildman–Crippen MR) is 70.6 cm³/mol. The van der Waals surface area contributed by atoms with Crippen molar-refractivity contribution in [3.63, 3.8) is 0 Å². The van der Waals surface area contributed by atoms with Gasteiger partial charge in [0.25, 0.3) is 0 Å². The van der Waals surface area contributed by atoms with Crippen molar-refractivity contribution >= 4 is 11.3 Å². The van der Waals surface area contributed by atoms with Gasteiger partial charge in [0.1, 0.15) is 0 Å². The van der Waals surface area contributed by atoms with E-state index in [-0.39, 0.29) is 0 Å². The lowest BCUT2D eigenvalue weighted by atomic mass is 9.98. The fourth-order valence-electron chi connectivity index (χ4n) is 1.94. The zero-order chi connectivity index (χ0) is 12.1. The summed E-state index contributed by atoms with van der Waals surface area (Å²) in [6.45, 7) is 8.25. The third kappa shape index (κ3) is 3.27. The Morgan fingerprint density at radius 1 is 1.56 bits per heavy atom. The van der Waals surface area contributed by atoms with Gasteiger partial charge in [-0.25, -0.2) is 4.98 Å². The summed E-state index contributed by atoms with van der Waals surface area (Å²) in [6.07, 6.45) is 1.17. The van der Waals surface area contributed by atoms with Crippen molar-refractivity contribution < 1.29 is 0 Å². The molecule has 3 nitrogen and oxygen atoms in total. The summed E-state index contributed by atoms with van der Waals surface area (Å²) in [4.78, 5) is 7.99. The van der Waals surface area contributed by atoms with Crippen molar-refractivity contribution in [3.05, 3.63) is 16.1 Å². The molecule has 2 atom stereocenters. The van der Waals surface area contributed by atoms with Gasteiger partial charge in [0.2, 0.25) is 0 Å². The van der Waals surface area contributed by atoms with Crippen molar-refractivity contribution in [2.75, 3.05) is 13.6 Å². The van der Waals surface area contributed by atoms with E-state index in [0.717, 1.165) is 18.8 Å². The number of thiazole rings is 1. The summed E-state index contributed by atoms with van der Waals surface area (Å²) in [6, 6.07) is 0.464. The van der Waals surface area contributed by atoms with E-state index in [1.807, 2.05) is 5.51 Å². The number of nitrogens with zero attached hydrogens (tertiary/aromatic N) is 2. The number of likely N-dealkylation sites (N-methyl/N-ethyl adjacent to an activating group) is 1. The van der Waals surface area contributed by atoms with E-state index in [1.165, 1.54) is 11.3 Å². The maximum absolute atomic E-state index is 5.86. The molecule has 4 heteroatoms. The number of rotatable bonds is 6. The van der Waals surface area contributed by atoms with Crippen LogP contribution in [0.15, 0.2) is 5.51 Å². The highest BCUT2D eigenvalue weighted by atomic mass is 32.1. The van der Waals surface area contributed by atoms with Gasteiger partial charge in [-0.05, 0) is 19.9 Å². The summed E-state index contributed by atoms with van der Waals surface area (Å²) in [5.41, 5.74) is 8.93. The highest BCUT2D eigenvalue weighted by Gasteiger charge is 2.20. The Kier molecular flexibility index (Phi) is 5.38. The zero-order valence-corrected chi connectivity index (χ0v) is 11.5. The lowest BCUT2D eigenvalue weighted by Crippen LogP contribution is -2.41. The second-order valence-corrected chi connectivity index (χ2v) is 5.40. The molecule has 0 aliphatic rings. The van der Waals surface area contributed by atoms with E-state index in [0.29, 0.717) is 12.0 Å². The van der Waals surface area contributed by atoms with Crippen LogP contribution in [0.25, 0.3) is 0 Å². The minimum atomic E-state index is 0.464. The minimum Gasteiger partial charge on any atom is -0.329 e. The molecule has 0 bridgehead atoms. The number of nitrogens with two attached hydrogens (primary N) is 1. The second-order valence-electron chi connectivity index (χ2n) is 4.46. The first-order chi connectivity index (χ1) is 7.60. The summed E-state index contributed by atoms with van der Waals surface area (Å²) in [5, 5.41) is 0. The van der Waals surface area contributed by atoms with Crippen LogP contribution in [0.5, 0.6) is 0 Å². The van der Waals surface area contributed by atoms with E-state index < -0.39 is 0 Å². The highest BCUT2D eigenvalue weighted by molar-refractivity contribution is 7.09. The molecular weight excluding hydrogens is 218 g/mol. The Labute approximate surface area is 103 Å². The molecule has 0 amide bonds. The van der Waals surface area contributed by atoms with Gasteiger partial charge in [-0.2, -0.15) is 0 Å². The lowest BCUT2D eigenvalue weighted by molar-refractivity contribution is 0.179. The number of hydrogen-bond acceptors (Lipinski definition) is 4. The molecule has 1 rings (SSSR count). The van der Waals surface area contributed by atoms with E-state index in [4.69, 9.17) is 5.73 Å². The maximum atomic E-state index is 5.86. The van der Waals surface area contributed by atoms with Crippen LogP contribution >= 0.6 is 11.3 Å². The van der Waals surface area contributed by atoms with Crippen molar-refractivity contribution in [1.29, 1.82) is 0 Å². The van der Waals surface area contributed by atoms with E-state index in [2.05, 4.69) is 37.7 Å². The van der Waals surface area contributed by atoms with Crippen molar-refractivity contribution in [3.8, 4) is 0 Å². The molecule has 0 fully saturated rings. The third-order valence-electron chi connectivity index (χ3n) is 3.35. The minimum absolute atomic E-state index is 0.464. The van der Waals surface area contributed by atoms with Gasteiger partial charge in [0, 0.05) is 24.0 Å². The second kappa shape index (κ2) is 6.33. The molecule has 1 heterocycles. The third-order valence-corrected chi connectivity index (χ3v) is 4.27. The molecule has 0 aliphatic heterocycles. The van der Waals surface area contributed by atoms with Crippen molar-refractivity contribution in [1.82, 2.24) is 9.88 Å². The van der Waals surface area contributed by atoms with Crippen LogP contribution in [0.2, 0.25) is 0 Å². The van der Waals surface area contributed by atoms with Crippen LogP contribution in [-0.4, -0.2) is 29.5 Å². The van der Waals surface area contributed by atoms with E-state index >= 15 is 0 Å². The van der Waals surface area contributed by atoms with E-state index in [1.54, 1.807) is 11.3 Å². The average molecular weight is 241 g/mol. The first kappa shape index (κ1) is 13.6. The van der Waals surface area contributed by atoms with Gasteiger partial charge in [-0.3, -0.25) is 4.90 Å². The van der Waals surface area contributed by atoms with Crippen LogP contribution in [0.4, 0.5) is 0 Å². The largest absolute Gasteiger partial charge is 0.329 e. The normalized spacial score (nSPS) is 15.4. The van der Waals surface area contributed by atoms with Gasteiger partial charge in [0.15, 0.2) is 0 Å². The number of hydrogen-bond donors (Lipinski definition) is 1. The predicted octanol–water partition coefficient (Wildman–Crippen LogP) is 2.26. The fraction of sp³-hybridized carbons (Fsp3) is 0.750. The molecule has 1 aromatic rings. The molecule has 1 aromatic heterocycles. The first-order valence-corrected chi connectivity index (χ1v) is 6.77. The van der Waals surface area contributed by atoms with Gasteiger partial charge in [-0.1, -0.05) is 20.3 Å². The zero-order valence-electron chi connectivity index (χ0n) is 10.7. The van der Waals surface area contributed by atoms with Crippen LogP contribution in [0, 0.1) is 12.8 Å². The number of aromatic nitrogens is 1. The standard InChI is InChI=1S/C12H23N3S/c1-5-9(2)11(6-13)15(4)7-12-10(3)14-8-16-12/h8-9,11H,5-7,13H2,1-4H3. The molecule has 0 aliphatic carbocycles. The molecule has 0 saturated carbocycles. The van der Waals surface area contributed by atoms with Crippen LogP contribution in [0.3, 0.4) is 0 Å². The highest BCUT2D eigenvalue weighted by Crippen LogP contribution is 2.19. The Morgan fingerprint density at radius 2 is 2.25 bits per heavy atom. The lowest BCUT2D eigenvalue weighted by Gasteiger charge is -2.31. The average Bonchev–Trinajstić information content (AvgIpc) is 2.65.